The fourth-order valence-corrected chi connectivity index (χ4v) is 3.84. The zero-order chi connectivity index (χ0) is 26.0. The molecule has 1 aromatic heterocycles. The fraction of sp³-hybridized carbons (Fsp3) is 0.375. The first kappa shape index (κ1) is 25.5. The van der Waals surface area contributed by atoms with Crippen LogP contribution in [0.4, 0.5) is 26.4 Å². The number of anilines is 2. The maximum atomic E-state index is 13.9. The SMILES string of the molecule is CC(C)(C)OC(=O)N(c1ccc(F)c(Cl)c1)c1ncnc2cc(OCC3CCOC3)c([N+](=O)[O-])cc12. The van der Waals surface area contributed by atoms with E-state index in [2.05, 4.69) is 9.97 Å². The van der Waals surface area contributed by atoms with Crippen molar-refractivity contribution in [3.8, 4) is 5.75 Å². The Bertz CT molecular complexity index is 1310. The lowest BCUT2D eigenvalue weighted by Gasteiger charge is -2.27. The Kier molecular flexibility index (Phi) is 7.23. The summed E-state index contributed by atoms with van der Waals surface area (Å²) in [6.45, 7) is 6.45. The zero-order valence-electron chi connectivity index (χ0n) is 19.9. The quantitative estimate of drug-likeness (QED) is 0.296. The molecule has 0 radical (unpaired) electrons. The number of nitro groups is 1. The topological polar surface area (TPSA) is 117 Å². The van der Waals surface area contributed by atoms with Crippen LogP contribution < -0.4 is 9.64 Å². The molecule has 2 heterocycles. The molecule has 1 aliphatic rings. The molecule has 10 nitrogen and oxygen atoms in total. The van der Waals surface area contributed by atoms with Crippen molar-refractivity contribution in [2.45, 2.75) is 32.8 Å². The Morgan fingerprint density at radius 2 is 2.08 bits per heavy atom. The number of hydrogen-bond acceptors (Lipinski definition) is 8. The molecule has 1 unspecified atom stereocenters. The average Bonchev–Trinajstić information content (AvgIpc) is 3.32. The van der Waals surface area contributed by atoms with Crippen molar-refractivity contribution in [1.29, 1.82) is 0 Å². The molecular weight excluding hydrogens is 495 g/mol. The van der Waals surface area contributed by atoms with Crippen LogP contribution in [-0.2, 0) is 9.47 Å². The second-order valence-corrected chi connectivity index (χ2v) is 9.65. The molecule has 4 rings (SSSR count). The van der Waals surface area contributed by atoms with Gasteiger partial charge < -0.3 is 14.2 Å². The molecule has 2 aromatic carbocycles. The number of ether oxygens (including phenoxy) is 3. The highest BCUT2D eigenvalue weighted by Gasteiger charge is 2.30. The summed E-state index contributed by atoms with van der Waals surface area (Å²) in [5.41, 5.74) is -0.748. The van der Waals surface area contributed by atoms with Crippen molar-refractivity contribution < 1.29 is 28.3 Å². The lowest BCUT2D eigenvalue weighted by atomic mass is 10.1. The summed E-state index contributed by atoms with van der Waals surface area (Å²) in [7, 11) is 0. The number of rotatable bonds is 6. The van der Waals surface area contributed by atoms with Crippen molar-refractivity contribution in [2.75, 3.05) is 24.7 Å². The molecule has 1 aliphatic heterocycles. The predicted octanol–water partition coefficient (Wildman–Crippen LogP) is 5.82. The number of nitro benzene ring substituents is 1. The standard InChI is InChI=1S/C24H24ClFN4O6/c1-24(2,3)36-23(31)29(15-4-5-18(26)17(25)8-15)22-16-9-20(30(32)33)21(10-19(16)27-13-28-22)35-12-14-6-7-34-11-14/h4-5,8-10,13-14H,6-7,11-12H2,1-3H3. The van der Waals surface area contributed by atoms with Gasteiger partial charge in [-0.1, -0.05) is 11.6 Å². The van der Waals surface area contributed by atoms with Crippen LogP contribution in [0.15, 0.2) is 36.7 Å². The molecule has 36 heavy (non-hydrogen) atoms. The van der Waals surface area contributed by atoms with Crippen LogP contribution in [-0.4, -0.2) is 46.4 Å². The molecule has 1 amide bonds. The molecule has 0 spiro atoms. The minimum Gasteiger partial charge on any atom is -0.486 e. The lowest BCUT2D eigenvalue weighted by molar-refractivity contribution is -0.385. The van der Waals surface area contributed by atoms with Gasteiger partial charge in [-0.05, 0) is 45.4 Å². The van der Waals surface area contributed by atoms with Crippen LogP contribution >= 0.6 is 11.6 Å². The van der Waals surface area contributed by atoms with Gasteiger partial charge in [0, 0.05) is 24.7 Å². The maximum Gasteiger partial charge on any atom is 0.420 e. The second-order valence-electron chi connectivity index (χ2n) is 9.25. The molecule has 0 N–H and O–H groups in total. The van der Waals surface area contributed by atoms with E-state index in [1.807, 2.05) is 0 Å². The van der Waals surface area contributed by atoms with E-state index in [0.29, 0.717) is 18.7 Å². The summed E-state index contributed by atoms with van der Waals surface area (Å²) in [5, 5.41) is 11.9. The summed E-state index contributed by atoms with van der Waals surface area (Å²) >= 11 is 5.98. The van der Waals surface area contributed by atoms with Gasteiger partial charge in [0.1, 0.15) is 17.7 Å². The number of halogens is 2. The number of aromatic nitrogens is 2. The Labute approximate surface area is 211 Å². The van der Waals surface area contributed by atoms with Crippen LogP contribution in [0, 0.1) is 21.8 Å². The largest absolute Gasteiger partial charge is 0.486 e. The van der Waals surface area contributed by atoms with Crippen molar-refractivity contribution in [3.05, 3.63) is 57.6 Å². The van der Waals surface area contributed by atoms with E-state index in [0.717, 1.165) is 17.4 Å². The number of hydrogen-bond donors (Lipinski definition) is 0. The summed E-state index contributed by atoms with van der Waals surface area (Å²) < 4.78 is 30.5. The Morgan fingerprint density at radius 3 is 2.72 bits per heavy atom. The van der Waals surface area contributed by atoms with Gasteiger partial charge >= 0.3 is 11.8 Å². The van der Waals surface area contributed by atoms with E-state index in [1.54, 1.807) is 20.8 Å². The fourth-order valence-electron chi connectivity index (χ4n) is 3.66. The third-order valence-corrected chi connectivity index (χ3v) is 5.63. The van der Waals surface area contributed by atoms with Crippen LogP contribution in [0.5, 0.6) is 5.75 Å². The summed E-state index contributed by atoms with van der Waals surface area (Å²) in [5.74, 6) is -0.511. The number of carbonyl (C=O) groups excluding carboxylic acids is 1. The minimum absolute atomic E-state index is 0.00392. The van der Waals surface area contributed by atoms with E-state index in [9.17, 15) is 19.3 Å². The molecular formula is C24H24ClFN4O6. The second kappa shape index (κ2) is 10.2. The van der Waals surface area contributed by atoms with E-state index < -0.39 is 22.4 Å². The smallest absolute Gasteiger partial charge is 0.420 e. The maximum absolute atomic E-state index is 13.9. The van der Waals surface area contributed by atoms with Gasteiger partial charge in [-0.3, -0.25) is 10.1 Å². The van der Waals surface area contributed by atoms with E-state index in [-0.39, 0.29) is 45.9 Å². The van der Waals surface area contributed by atoms with Gasteiger partial charge in [0.15, 0.2) is 11.6 Å². The highest BCUT2D eigenvalue weighted by Crippen LogP contribution is 2.38. The van der Waals surface area contributed by atoms with Crippen molar-refractivity contribution in [2.24, 2.45) is 5.92 Å². The molecule has 190 valence electrons. The number of carbonyl (C=O) groups is 1. The molecule has 0 bridgehead atoms. The van der Waals surface area contributed by atoms with Crippen LogP contribution in [0.2, 0.25) is 5.02 Å². The first-order valence-electron chi connectivity index (χ1n) is 11.2. The molecule has 1 fully saturated rings. The van der Waals surface area contributed by atoms with Gasteiger partial charge in [-0.15, -0.1) is 0 Å². The van der Waals surface area contributed by atoms with E-state index in [4.69, 9.17) is 25.8 Å². The number of benzene rings is 2. The third-order valence-electron chi connectivity index (χ3n) is 5.34. The van der Waals surface area contributed by atoms with Crippen molar-refractivity contribution in [3.63, 3.8) is 0 Å². The van der Waals surface area contributed by atoms with E-state index >= 15 is 0 Å². The van der Waals surface area contributed by atoms with Crippen molar-refractivity contribution in [1.82, 2.24) is 9.97 Å². The molecule has 1 atom stereocenters. The summed E-state index contributed by atoms with van der Waals surface area (Å²) in [4.78, 5) is 34.1. The van der Waals surface area contributed by atoms with Gasteiger partial charge in [0.25, 0.3) is 0 Å². The third kappa shape index (κ3) is 5.63. The number of nitrogens with zero attached hydrogens (tertiary/aromatic N) is 4. The van der Waals surface area contributed by atoms with Gasteiger partial charge in [-0.25, -0.2) is 24.1 Å². The molecule has 0 aliphatic carbocycles. The highest BCUT2D eigenvalue weighted by molar-refractivity contribution is 6.31. The zero-order valence-corrected chi connectivity index (χ0v) is 20.6. The highest BCUT2D eigenvalue weighted by atomic mass is 35.5. The molecule has 1 saturated heterocycles. The first-order valence-corrected chi connectivity index (χ1v) is 11.5. The normalized spacial score (nSPS) is 15.6. The van der Waals surface area contributed by atoms with Crippen LogP contribution in [0.25, 0.3) is 10.9 Å². The Morgan fingerprint density at radius 1 is 1.31 bits per heavy atom. The first-order chi connectivity index (χ1) is 17.0. The van der Waals surface area contributed by atoms with Gasteiger partial charge in [-0.2, -0.15) is 0 Å². The predicted molar refractivity (Wildman–Crippen MR) is 130 cm³/mol. The Hall–Kier alpha value is -3.57. The Balaban J connectivity index is 1.83. The summed E-state index contributed by atoms with van der Waals surface area (Å²) in [6, 6.07) is 6.34. The minimum atomic E-state index is -0.876. The van der Waals surface area contributed by atoms with E-state index in [1.165, 1.54) is 30.6 Å². The molecule has 12 heteroatoms. The van der Waals surface area contributed by atoms with Crippen molar-refractivity contribution >= 4 is 45.8 Å². The number of amides is 1. The summed E-state index contributed by atoms with van der Waals surface area (Å²) in [6.07, 6.45) is 1.17. The van der Waals surface area contributed by atoms with Gasteiger partial charge in [0.05, 0.1) is 39.8 Å². The average molecular weight is 519 g/mol. The molecule has 0 saturated carbocycles. The molecule has 3 aromatic rings. The number of fused-ring (bicyclic) bond motifs is 1. The monoisotopic (exact) mass is 518 g/mol. The van der Waals surface area contributed by atoms with Crippen LogP contribution in [0.3, 0.4) is 0 Å². The van der Waals surface area contributed by atoms with Crippen LogP contribution in [0.1, 0.15) is 27.2 Å². The van der Waals surface area contributed by atoms with Gasteiger partial charge in [0.2, 0.25) is 0 Å². The lowest BCUT2D eigenvalue weighted by Crippen LogP contribution is -2.34.